The van der Waals surface area contributed by atoms with E-state index in [1.54, 1.807) is 11.8 Å². The van der Waals surface area contributed by atoms with E-state index in [1.165, 1.54) is 10.5 Å². The second-order valence-corrected chi connectivity index (χ2v) is 8.27. The lowest BCUT2D eigenvalue weighted by Gasteiger charge is -2.39. The molecule has 2 heterocycles. The van der Waals surface area contributed by atoms with E-state index in [9.17, 15) is 0 Å². The molecule has 0 saturated carbocycles. The first-order valence-electron chi connectivity index (χ1n) is 9.72. The third-order valence-electron chi connectivity index (χ3n) is 5.52. The molecule has 1 atom stereocenters. The van der Waals surface area contributed by atoms with Crippen molar-refractivity contribution in [3.63, 3.8) is 0 Å². The first-order chi connectivity index (χ1) is 13.6. The molecule has 1 aliphatic rings. The van der Waals surface area contributed by atoms with Gasteiger partial charge in [-0.1, -0.05) is 30.3 Å². The Kier molecular flexibility index (Phi) is 5.85. The van der Waals surface area contributed by atoms with Crippen molar-refractivity contribution < 1.29 is 4.42 Å². The zero-order valence-corrected chi connectivity index (χ0v) is 17.6. The normalized spacial score (nSPS) is 18.5. The van der Waals surface area contributed by atoms with Crippen molar-refractivity contribution >= 4 is 11.8 Å². The summed E-state index contributed by atoms with van der Waals surface area (Å²) in [4.78, 5) is 11.0. The van der Waals surface area contributed by atoms with E-state index >= 15 is 0 Å². The molecule has 28 heavy (non-hydrogen) atoms. The average Bonchev–Trinajstić information content (AvgIpc) is 3.10. The Morgan fingerprint density at radius 3 is 2.54 bits per heavy atom. The minimum Gasteiger partial charge on any atom is -0.441 e. The third kappa shape index (κ3) is 4.17. The monoisotopic (exact) mass is 393 g/mol. The summed E-state index contributed by atoms with van der Waals surface area (Å²) in [5.41, 5.74) is 3.45. The zero-order valence-electron chi connectivity index (χ0n) is 16.8. The van der Waals surface area contributed by atoms with Crippen molar-refractivity contribution in [2.75, 3.05) is 32.9 Å². The van der Waals surface area contributed by atoms with Gasteiger partial charge in [0.05, 0.1) is 5.69 Å². The number of aryl methyl sites for hydroxylation is 1. The third-order valence-corrected chi connectivity index (χ3v) is 6.26. The van der Waals surface area contributed by atoms with E-state index in [0.717, 1.165) is 43.2 Å². The number of oxazole rings is 1. The van der Waals surface area contributed by atoms with Crippen molar-refractivity contribution in [2.45, 2.75) is 24.4 Å². The Bertz CT molecular complexity index is 907. The molecule has 4 nitrogen and oxygen atoms in total. The predicted molar refractivity (Wildman–Crippen MR) is 116 cm³/mol. The zero-order chi connectivity index (χ0) is 19.5. The van der Waals surface area contributed by atoms with E-state index in [0.29, 0.717) is 11.9 Å². The molecule has 0 aliphatic carbocycles. The van der Waals surface area contributed by atoms with Crippen molar-refractivity contribution in [1.82, 2.24) is 14.8 Å². The standard InChI is InChI=1S/C23H27N3OS/c1-17-21(24-23(27-17)19-9-11-20(28-3)12-10-19)15-26-14-13-25(2)22(16-26)18-7-5-4-6-8-18/h4-12,22H,13-16H2,1-3H3. The minimum atomic E-state index is 0.417. The van der Waals surface area contributed by atoms with Crippen LogP contribution in [0, 0.1) is 6.92 Å². The summed E-state index contributed by atoms with van der Waals surface area (Å²) in [5.74, 6) is 1.63. The summed E-state index contributed by atoms with van der Waals surface area (Å²) >= 11 is 1.74. The van der Waals surface area contributed by atoms with Crippen molar-refractivity contribution in [3.8, 4) is 11.5 Å². The van der Waals surface area contributed by atoms with Gasteiger partial charge in [-0.2, -0.15) is 0 Å². The molecule has 2 aromatic carbocycles. The summed E-state index contributed by atoms with van der Waals surface area (Å²) in [7, 11) is 2.21. The molecule has 0 amide bonds. The minimum absolute atomic E-state index is 0.417. The van der Waals surface area contributed by atoms with Gasteiger partial charge in [0, 0.05) is 42.7 Å². The van der Waals surface area contributed by atoms with Crippen LogP contribution in [0.3, 0.4) is 0 Å². The number of hydrogen-bond acceptors (Lipinski definition) is 5. The highest BCUT2D eigenvalue weighted by Gasteiger charge is 2.26. The first-order valence-corrected chi connectivity index (χ1v) is 10.9. The summed E-state index contributed by atoms with van der Waals surface area (Å²) < 4.78 is 5.99. The summed E-state index contributed by atoms with van der Waals surface area (Å²) in [6.07, 6.45) is 2.08. The number of aromatic nitrogens is 1. The Morgan fingerprint density at radius 2 is 1.82 bits per heavy atom. The lowest BCUT2D eigenvalue weighted by atomic mass is 10.0. The van der Waals surface area contributed by atoms with Crippen LogP contribution in [0.4, 0.5) is 0 Å². The molecule has 1 saturated heterocycles. The van der Waals surface area contributed by atoms with Gasteiger partial charge in [0.2, 0.25) is 5.89 Å². The molecule has 0 bridgehead atoms. The Morgan fingerprint density at radius 1 is 1.07 bits per heavy atom. The molecule has 146 valence electrons. The lowest BCUT2D eigenvalue weighted by Crippen LogP contribution is -2.46. The van der Waals surface area contributed by atoms with Crippen LogP contribution in [0.1, 0.15) is 23.1 Å². The number of hydrogen-bond donors (Lipinski definition) is 0. The molecule has 5 heteroatoms. The fraction of sp³-hybridized carbons (Fsp3) is 0.348. The molecule has 3 aromatic rings. The summed E-state index contributed by atoms with van der Waals surface area (Å²) in [6, 6.07) is 19.6. The van der Waals surface area contributed by atoms with Gasteiger partial charge >= 0.3 is 0 Å². The van der Waals surface area contributed by atoms with Crippen molar-refractivity contribution in [3.05, 3.63) is 71.6 Å². The highest BCUT2D eigenvalue weighted by Crippen LogP contribution is 2.28. The average molecular weight is 394 g/mol. The van der Waals surface area contributed by atoms with E-state index in [1.807, 2.05) is 6.92 Å². The van der Waals surface area contributed by atoms with E-state index in [-0.39, 0.29) is 0 Å². The SMILES string of the molecule is CSc1ccc(-c2nc(CN3CCN(C)C(c4ccccc4)C3)c(C)o2)cc1. The van der Waals surface area contributed by atoms with Crippen LogP contribution in [0.2, 0.25) is 0 Å². The highest BCUT2D eigenvalue weighted by atomic mass is 32.2. The molecule has 4 rings (SSSR count). The molecule has 1 unspecified atom stereocenters. The topological polar surface area (TPSA) is 32.5 Å². The molecular weight excluding hydrogens is 366 g/mol. The molecular formula is C23H27N3OS. The van der Waals surface area contributed by atoms with Crippen LogP contribution < -0.4 is 0 Å². The second kappa shape index (κ2) is 8.52. The van der Waals surface area contributed by atoms with Crippen molar-refractivity contribution in [1.29, 1.82) is 0 Å². The van der Waals surface area contributed by atoms with Crippen LogP contribution in [-0.2, 0) is 6.54 Å². The van der Waals surface area contributed by atoms with Gasteiger partial charge < -0.3 is 4.42 Å². The van der Waals surface area contributed by atoms with Crippen LogP contribution in [0.25, 0.3) is 11.5 Å². The van der Waals surface area contributed by atoms with Crippen molar-refractivity contribution in [2.24, 2.45) is 0 Å². The maximum absolute atomic E-state index is 5.99. The lowest BCUT2D eigenvalue weighted by molar-refractivity contribution is 0.0894. The molecule has 0 radical (unpaired) electrons. The van der Waals surface area contributed by atoms with Crippen LogP contribution >= 0.6 is 11.8 Å². The Labute approximate surface area is 171 Å². The van der Waals surface area contributed by atoms with Gasteiger partial charge in [0.25, 0.3) is 0 Å². The largest absolute Gasteiger partial charge is 0.441 e. The summed E-state index contributed by atoms with van der Waals surface area (Å²) in [6.45, 7) is 5.95. The molecule has 1 aromatic heterocycles. The van der Waals surface area contributed by atoms with E-state index in [4.69, 9.17) is 9.40 Å². The van der Waals surface area contributed by atoms with Gasteiger partial charge in [-0.15, -0.1) is 11.8 Å². The smallest absolute Gasteiger partial charge is 0.226 e. The van der Waals surface area contributed by atoms with Gasteiger partial charge in [-0.25, -0.2) is 4.98 Å². The van der Waals surface area contributed by atoms with E-state index < -0.39 is 0 Å². The number of benzene rings is 2. The van der Waals surface area contributed by atoms with Crippen LogP contribution in [0.5, 0.6) is 0 Å². The molecule has 1 fully saturated rings. The predicted octanol–water partition coefficient (Wildman–Crippen LogP) is 4.86. The van der Waals surface area contributed by atoms with Crippen LogP contribution in [-0.4, -0.2) is 47.7 Å². The van der Waals surface area contributed by atoms with Crippen LogP contribution in [0.15, 0.2) is 63.9 Å². The Balaban J connectivity index is 1.48. The fourth-order valence-electron chi connectivity index (χ4n) is 3.75. The highest BCUT2D eigenvalue weighted by molar-refractivity contribution is 7.98. The maximum Gasteiger partial charge on any atom is 0.226 e. The Hall–Kier alpha value is -2.08. The maximum atomic E-state index is 5.99. The first kappa shape index (κ1) is 19.2. The second-order valence-electron chi connectivity index (χ2n) is 7.39. The molecule has 0 spiro atoms. The number of likely N-dealkylation sites (N-methyl/N-ethyl adjacent to an activating group) is 1. The van der Waals surface area contributed by atoms with Gasteiger partial charge in [0.1, 0.15) is 5.76 Å². The number of thioether (sulfide) groups is 1. The molecule has 0 N–H and O–H groups in total. The fourth-order valence-corrected chi connectivity index (χ4v) is 4.16. The number of rotatable bonds is 5. The van der Waals surface area contributed by atoms with Gasteiger partial charge in [-0.3, -0.25) is 9.80 Å². The number of nitrogens with zero attached hydrogens (tertiary/aromatic N) is 3. The van der Waals surface area contributed by atoms with Gasteiger partial charge in [-0.05, 0) is 50.1 Å². The summed E-state index contributed by atoms with van der Waals surface area (Å²) in [5, 5.41) is 0. The number of piperazine rings is 1. The molecule has 1 aliphatic heterocycles. The quantitative estimate of drug-likeness (QED) is 0.578. The van der Waals surface area contributed by atoms with Gasteiger partial charge in [0.15, 0.2) is 0 Å². The van der Waals surface area contributed by atoms with E-state index in [2.05, 4.69) is 77.7 Å².